The molecule has 130 valence electrons. The van der Waals surface area contributed by atoms with Crippen molar-refractivity contribution in [3.05, 3.63) is 95.1 Å². The highest BCUT2D eigenvalue weighted by atomic mass is 16.4. The minimum atomic E-state index is 0.124. The van der Waals surface area contributed by atoms with E-state index in [2.05, 4.69) is 10.3 Å². The Morgan fingerprint density at radius 3 is 0.923 bits per heavy atom. The van der Waals surface area contributed by atoms with Gasteiger partial charge in [-0.25, -0.2) is 0 Å². The van der Waals surface area contributed by atoms with Gasteiger partial charge in [-0.15, -0.1) is 0 Å². The van der Waals surface area contributed by atoms with Crippen molar-refractivity contribution in [2.24, 2.45) is 10.3 Å². The summed E-state index contributed by atoms with van der Waals surface area (Å²) in [6.45, 7) is 0. The normalized spacial score (nSPS) is 12.2. The molecule has 3 aromatic rings. The molecule has 0 aliphatic carbocycles. The van der Waals surface area contributed by atoms with Crippen LogP contribution < -0.4 is 0 Å². The minimum absolute atomic E-state index is 0.124. The zero-order valence-electron chi connectivity index (χ0n) is 13.6. The molecule has 3 rings (SSSR count). The van der Waals surface area contributed by atoms with Crippen LogP contribution in [0.1, 0.15) is 22.3 Å². The van der Waals surface area contributed by atoms with Crippen molar-refractivity contribution >= 4 is 11.4 Å². The Morgan fingerprint density at radius 1 is 0.462 bits per heavy atom. The highest BCUT2D eigenvalue weighted by Gasteiger charge is 2.11. The lowest BCUT2D eigenvalue weighted by atomic mass is 9.97. The Balaban J connectivity index is 1.92. The summed E-state index contributed by atoms with van der Waals surface area (Å²) >= 11 is 0. The number of rotatable bonds is 4. The molecular weight excluding hydrogens is 332 g/mol. The van der Waals surface area contributed by atoms with E-state index in [1.807, 2.05) is 0 Å². The number of phenolic OH excluding ortho intramolecular Hbond substituents is 2. The fourth-order valence-electron chi connectivity index (χ4n) is 2.59. The molecule has 0 spiro atoms. The summed E-state index contributed by atoms with van der Waals surface area (Å²) in [4.78, 5) is 0. The molecule has 3 aromatic carbocycles. The van der Waals surface area contributed by atoms with Gasteiger partial charge >= 0.3 is 0 Å². The monoisotopic (exact) mass is 348 g/mol. The molecular formula is C20H16N2O4. The molecule has 0 saturated heterocycles. The van der Waals surface area contributed by atoms with Crippen molar-refractivity contribution in [3.63, 3.8) is 0 Å². The van der Waals surface area contributed by atoms with Crippen molar-refractivity contribution in [2.75, 3.05) is 0 Å². The molecule has 0 atom stereocenters. The lowest BCUT2D eigenvalue weighted by Crippen LogP contribution is -2.06. The molecule has 6 heteroatoms. The number of nitrogens with zero attached hydrogens (tertiary/aromatic N) is 2. The van der Waals surface area contributed by atoms with Crippen molar-refractivity contribution < 1.29 is 20.6 Å². The first kappa shape index (κ1) is 17.0. The SMILES string of the molecule is ON=C(c1ccc(O)cc1)c1ccc(C(=NO)c2ccc(O)cc2)cc1. The molecule has 0 bridgehead atoms. The van der Waals surface area contributed by atoms with Gasteiger partial charge < -0.3 is 20.6 Å². The van der Waals surface area contributed by atoms with E-state index in [1.165, 1.54) is 24.3 Å². The van der Waals surface area contributed by atoms with Gasteiger partial charge in [-0.05, 0) is 48.5 Å². The number of hydrogen-bond acceptors (Lipinski definition) is 6. The smallest absolute Gasteiger partial charge is 0.117 e. The van der Waals surface area contributed by atoms with Crippen LogP contribution in [-0.2, 0) is 0 Å². The molecule has 6 nitrogen and oxygen atoms in total. The first-order valence-electron chi connectivity index (χ1n) is 7.76. The summed E-state index contributed by atoms with van der Waals surface area (Å²) in [6, 6.07) is 19.6. The van der Waals surface area contributed by atoms with Gasteiger partial charge in [0, 0.05) is 22.3 Å². The van der Waals surface area contributed by atoms with Gasteiger partial charge in [0.2, 0.25) is 0 Å². The molecule has 0 fully saturated rings. The third-order valence-electron chi connectivity index (χ3n) is 3.91. The van der Waals surface area contributed by atoms with Gasteiger partial charge in [-0.2, -0.15) is 0 Å². The van der Waals surface area contributed by atoms with E-state index in [4.69, 9.17) is 0 Å². The molecule has 0 amide bonds. The summed E-state index contributed by atoms with van der Waals surface area (Å²) in [5.74, 6) is 0.248. The Bertz CT molecular complexity index is 864. The van der Waals surface area contributed by atoms with Crippen LogP contribution in [0.2, 0.25) is 0 Å². The van der Waals surface area contributed by atoms with E-state index >= 15 is 0 Å². The van der Waals surface area contributed by atoms with E-state index in [9.17, 15) is 20.6 Å². The van der Waals surface area contributed by atoms with E-state index in [-0.39, 0.29) is 11.5 Å². The zero-order chi connectivity index (χ0) is 18.5. The minimum Gasteiger partial charge on any atom is -0.508 e. The van der Waals surface area contributed by atoms with Gasteiger partial charge in [0.1, 0.15) is 22.9 Å². The molecule has 0 unspecified atom stereocenters. The third kappa shape index (κ3) is 3.49. The number of phenols is 2. The van der Waals surface area contributed by atoms with Gasteiger partial charge in [-0.1, -0.05) is 34.6 Å². The van der Waals surface area contributed by atoms with Crippen molar-refractivity contribution in [2.45, 2.75) is 0 Å². The Kier molecular flexibility index (Phi) is 4.85. The molecule has 0 radical (unpaired) electrons. The standard InChI is InChI=1S/C20H16N2O4/c23-17-9-5-15(6-10-17)19(21-25)13-1-2-14(4-3-13)20(22-26)16-7-11-18(24)12-8-16/h1-12,23-26H. The fraction of sp³-hybridized carbons (Fsp3) is 0. The summed E-state index contributed by atoms with van der Waals surface area (Å²) in [5, 5.41) is 44.2. The van der Waals surface area contributed by atoms with Crippen LogP contribution in [0.25, 0.3) is 0 Å². The summed E-state index contributed by atoms with van der Waals surface area (Å²) in [5.41, 5.74) is 3.31. The van der Waals surface area contributed by atoms with Crippen LogP contribution in [-0.4, -0.2) is 32.1 Å². The van der Waals surface area contributed by atoms with E-state index < -0.39 is 0 Å². The summed E-state index contributed by atoms with van der Waals surface area (Å²) in [7, 11) is 0. The molecule has 0 aliphatic heterocycles. The van der Waals surface area contributed by atoms with Crippen LogP contribution in [0.5, 0.6) is 11.5 Å². The third-order valence-corrected chi connectivity index (χ3v) is 3.91. The Labute approximate surface area is 149 Å². The van der Waals surface area contributed by atoms with Crippen LogP contribution in [0.3, 0.4) is 0 Å². The number of hydrogen-bond donors (Lipinski definition) is 4. The maximum Gasteiger partial charge on any atom is 0.117 e. The molecule has 0 aliphatic rings. The van der Waals surface area contributed by atoms with E-state index in [1.54, 1.807) is 48.5 Å². The zero-order valence-corrected chi connectivity index (χ0v) is 13.6. The predicted molar refractivity (Wildman–Crippen MR) is 97.5 cm³/mol. The second kappa shape index (κ2) is 7.40. The summed E-state index contributed by atoms with van der Waals surface area (Å²) < 4.78 is 0. The van der Waals surface area contributed by atoms with Gasteiger partial charge in [0.15, 0.2) is 0 Å². The highest BCUT2D eigenvalue weighted by molar-refractivity contribution is 6.15. The van der Waals surface area contributed by atoms with Gasteiger partial charge in [0.25, 0.3) is 0 Å². The van der Waals surface area contributed by atoms with Gasteiger partial charge in [-0.3, -0.25) is 0 Å². The highest BCUT2D eigenvalue weighted by Crippen LogP contribution is 2.18. The second-order valence-corrected chi connectivity index (χ2v) is 5.57. The predicted octanol–water partition coefficient (Wildman–Crippen LogP) is 3.55. The maximum absolute atomic E-state index is 9.38. The molecule has 0 heterocycles. The fourth-order valence-corrected chi connectivity index (χ4v) is 2.59. The number of benzene rings is 3. The lowest BCUT2D eigenvalue weighted by molar-refractivity contribution is 0.319. The lowest BCUT2D eigenvalue weighted by Gasteiger charge is -2.08. The molecule has 4 N–H and O–H groups in total. The number of oxime groups is 2. The van der Waals surface area contributed by atoms with Crippen molar-refractivity contribution in [3.8, 4) is 11.5 Å². The van der Waals surface area contributed by atoms with Crippen LogP contribution >= 0.6 is 0 Å². The average Bonchev–Trinajstić information content (AvgIpc) is 2.67. The average molecular weight is 348 g/mol. The van der Waals surface area contributed by atoms with E-state index in [0.717, 1.165) is 0 Å². The Hall–Kier alpha value is -3.80. The van der Waals surface area contributed by atoms with Crippen LogP contribution in [0, 0.1) is 0 Å². The maximum atomic E-state index is 9.38. The van der Waals surface area contributed by atoms with Crippen molar-refractivity contribution in [1.29, 1.82) is 0 Å². The quantitative estimate of drug-likeness (QED) is 0.329. The molecule has 0 aromatic heterocycles. The number of aromatic hydroxyl groups is 2. The molecule has 26 heavy (non-hydrogen) atoms. The van der Waals surface area contributed by atoms with Gasteiger partial charge in [0.05, 0.1) is 0 Å². The Morgan fingerprint density at radius 2 is 0.692 bits per heavy atom. The first-order chi connectivity index (χ1) is 12.6. The largest absolute Gasteiger partial charge is 0.508 e. The van der Waals surface area contributed by atoms with Crippen molar-refractivity contribution in [1.82, 2.24) is 0 Å². The summed E-state index contributed by atoms with van der Waals surface area (Å²) in [6.07, 6.45) is 0. The molecule has 0 saturated carbocycles. The van der Waals surface area contributed by atoms with E-state index in [0.29, 0.717) is 33.7 Å². The first-order valence-corrected chi connectivity index (χ1v) is 7.76. The van der Waals surface area contributed by atoms with Crippen LogP contribution in [0.4, 0.5) is 0 Å². The topological polar surface area (TPSA) is 106 Å². The second-order valence-electron chi connectivity index (χ2n) is 5.57. The van der Waals surface area contributed by atoms with Crippen LogP contribution in [0.15, 0.2) is 83.1 Å².